The summed E-state index contributed by atoms with van der Waals surface area (Å²) in [4.78, 5) is 16.6. The molecule has 0 spiro atoms. The summed E-state index contributed by atoms with van der Waals surface area (Å²) in [5, 5.41) is 9.65. The molecule has 1 saturated carbocycles. The molecule has 2 rings (SSSR count). The summed E-state index contributed by atoms with van der Waals surface area (Å²) >= 11 is 0. The SMILES string of the molecule is CCNC(=O)c1cccc(CN=C(NCC)NCC2(CC)CCC2)c1.I. The number of aliphatic imine (C=N–C) groups is 1. The van der Waals surface area contributed by atoms with Crippen molar-refractivity contribution >= 4 is 35.8 Å². The lowest BCUT2D eigenvalue weighted by Gasteiger charge is -2.41. The van der Waals surface area contributed by atoms with E-state index in [0.717, 1.165) is 24.6 Å². The number of hydrogen-bond acceptors (Lipinski definition) is 2. The highest BCUT2D eigenvalue weighted by Gasteiger charge is 2.34. The maximum atomic E-state index is 12.0. The standard InChI is InChI=1S/C20H32N4O.HI/c1-4-20(11-8-12-20)15-24-19(22-6-3)23-14-16-9-7-10-17(13-16)18(25)21-5-2;/h7,9-10,13H,4-6,8,11-12,14-15H2,1-3H3,(H,21,25)(H2,22,23,24);1H. The van der Waals surface area contributed by atoms with E-state index in [1.54, 1.807) is 0 Å². The summed E-state index contributed by atoms with van der Waals surface area (Å²) in [5.41, 5.74) is 2.18. The second kappa shape index (κ2) is 11.4. The van der Waals surface area contributed by atoms with Crippen LogP contribution in [0.2, 0.25) is 0 Å². The van der Waals surface area contributed by atoms with E-state index in [0.29, 0.717) is 24.1 Å². The Balaban J connectivity index is 0.00000338. The van der Waals surface area contributed by atoms with Gasteiger partial charge in [0.1, 0.15) is 0 Å². The largest absolute Gasteiger partial charge is 0.357 e. The fourth-order valence-electron chi connectivity index (χ4n) is 3.19. The minimum absolute atomic E-state index is 0. The van der Waals surface area contributed by atoms with Gasteiger partial charge in [-0.2, -0.15) is 0 Å². The molecule has 3 N–H and O–H groups in total. The Morgan fingerprint density at radius 3 is 2.42 bits per heavy atom. The Kier molecular flexibility index (Phi) is 9.98. The van der Waals surface area contributed by atoms with Crippen molar-refractivity contribution in [3.05, 3.63) is 35.4 Å². The van der Waals surface area contributed by atoms with Crippen LogP contribution in [0.1, 0.15) is 62.4 Å². The zero-order valence-corrected chi connectivity index (χ0v) is 18.6. The second-order valence-electron chi connectivity index (χ2n) is 6.82. The van der Waals surface area contributed by atoms with Crippen LogP contribution >= 0.6 is 24.0 Å². The van der Waals surface area contributed by atoms with Crippen LogP contribution in [0.3, 0.4) is 0 Å². The normalized spacial score (nSPS) is 15.4. The van der Waals surface area contributed by atoms with E-state index in [1.807, 2.05) is 31.2 Å². The molecular formula is C20H33IN4O. The average molecular weight is 472 g/mol. The first-order chi connectivity index (χ1) is 12.1. The molecule has 0 bridgehead atoms. The van der Waals surface area contributed by atoms with Gasteiger partial charge >= 0.3 is 0 Å². The molecule has 1 fully saturated rings. The number of nitrogens with one attached hydrogen (secondary N) is 3. The number of nitrogens with zero attached hydrogens (tertiary/aromatic N) is 1. The van der Waals surface area contributed by atoms with E-state index in [2.05, 4.69) is 34.8 Å². The quantitative estimate of drug-likeness (QED) is 0.307. The summed E-state index contributed by atoms with van der Waals surface area (Å²) in [6, 6.07) is 7.67. The molecule has 0 atom stereocenters. The molecule has 1 aliphatic carbocycles. The van der Waals surface area contributed by atoms with Gasteiger partial charge in [-0.3, -0.25) is 4.79 Å². The molecule has 26 heavy (non-hydrogen) atoms. The van der Waals surface area contributed by atoms with Gasteiger partial charge in [0.05, 0.1) is 6.54 Å². The molecule has 5 nitrogen and oxygen atoms in total. The van der Waals surface area contributed by atoms with Crippen molar-refractivity contribution in [3.8, 4) is 0 Å². The van der Waals surface area contributed by atoms with Crippen molar-refractivity contribution in [2.75, 3.05) is 19.6 Å². The highest BCUT2D eigenvalue weighted by molar-refractivity contribution is 14.0. The third kappa shape index (κ3) is 6.45. The van der Waals surface area contributed by atoms with Gasteiger partial charge < -0.3 is 16.0 Å². The smallest absolute Gasteiger partial charge is 0.251 e. The van der Waals surface area contributed by atoms with E-state index >= 15 is 0 Å². The molecule has 1 aliphatic rings. The maximum absolute atomic E-state index is 12.0. The first kappa shape index (κ1) is 22.7. The van der Waals surface area contributed by atoms with Gasteiger partial charge in [-0.15, -0.1) is 24.0 Å². The third-order valence-corrected chi connectivity index (χ3v) is 5.09. The number of amides is 1. The van der Waals surface area contributed by atoms with Crippen molar-refractivity contribution in [3.63, 3.8) is 0 Å². The van der Waals surface area contributed by atoms with Gasteiger partial charge in [0.25, 0.3) is 5.91 Å². The number of rotatable bonds is 8. The summed E-state index contributed by atoms with van der Waals surface area (Å²) in [6.07, 6.45) is 5.18. The van der Waals surface area contributed by atoms with E-state index in [1.165, 1.54) is 25.7 Å². The number of benzene rings is 1. The molecule has 146 valence electrons. The van der Waals surface area contributed by atoms with Crippen LogP contribution in [-0.2, 0) is 6.54 Å². The molecule has 6 heteroatoms. The monoisotopic (exact) mass is 472 g/mol. The lowest BCUT2D eigenvalue weighted by molar-refractivity contribution is 0.0955. The van der Waals surface area contributed by atoms with Gasteiger partial charge in [-0.25, -0.2) is 4.99 Å². The molecule has 1 aromatic rings. The molecule has 0 heterocycles. The predicted octanol–water partition coefficient (Wildman–Crippen LogP) is 3.69. The van der Waals surface area contributed by atoms with Gasteiger partial charge in [0, 0.05) is 25.2 Å². The summed E-state index contributed by atoms with van der Waals surface area (Å²) in [5.74, 6) is 0.818. The lowest BCUT2D eigenvalue weighted by Crippen LogP contribution is -2.46. The molecule has 0 unspecified atom stereocenters. The van der Waals surface area contributed by atoms with Crippen LogP contribution in [0.15, 0.2) is 29.3 Å². The molecule has 0 saturated heterocycles. The Labute approximate surface area is 174 Å². The van der Waals surface area contributed by atoms with Crippen LogP contribution in [0.5, 0.6) is 0 Å². The van der Waals surface area contributed by atoms with Crippen molar-refractivity contribution in [2.24, 2.45) is 10.4 Å². The maximum Gasteiger partial charge on any atom is 0.251 e. The summed E-state index contributed by atoms with van der Waals surface area (Å²) in [7, 11) is 0. The van der Waals surface area contributed by atoms with Gasteiger partial charge in [-0.05, 0) is 56.2 Å². The Hall–Kier alpha value is -1.31. The number of carbonyl (C=O) groups is 1. The number of halogens is 1. The fourth-order valence-corrected chi connectivity index (χ4v) is 3.19. The number of carbonyl (C=O) groups excluding carboxylic acids is 1. The topological polar surface area (TPSA) is 65.5 Å². The minimum Gasteiger partial charge on any atom is -0.357 e. The van der Waals surface area contributed by atoms with Gasteiger partial charge in [0.2, 0.25) is 0 Å². The number of hydrogen-bond donors (Lipinski definition) is 3. The second-order valence-corrected chi connectivity index (χ2v) is 6.82. The highest BCUT2D eigenvalue weighted by Crippen LogP contribution is 2.42. The Morgan fingerprint density at radius 1 is 1.12 bits per heavy atom. The van der Waals surface area contributed by atoms with Crippen LogP contribution in [0.25, 0.3) is 0 Å². The summed E-state index contributed by atoms with van der Waals surface area (Å²) < 4.78 is 0. The first-order valence-corrected chi connectivity index (χ1v) is 9.52. The van der Waals surface area contributed by atoms with E-state index in [9.17, 15) is 4.79 Å². The van der Waals surface area contributed by atoms with Crippen molar-refractivity contribution in [1.82, 2.24) is 16.0 Å². The zero-order valence-electron chi connectivity index (χ0n) is 16.2. The Morgan fingerprint density at radius 2 is 1.85 bits per heavy atom. The van der Waals surface area contributed by atoms with Crippen molar-refractivity contribution < 1.29 is 4.79 Å². The Bertz CT molecular complexity index is 594. The summed E-state index contributed by atoms with van der Waals surface area (Å²) in [6.45, 7) is 9.28. The molecule has 1 aromatic carbocycles. The minimum atomic E-state index is -0.0340. The van der Waals surface area contributed by atoms with E-state index in [4.69, 9.17) is 0 Å². The molecule has 0 aromatic heterocycles. The van der Waals surface area contributed by atoms with Crippen LogP contribution in [0.4, 0.5) is 0 Å². The van der Waals surface area contributed by atoms with Gasteiger partial charge in [0.15, 0.2) is 5.96 Å². The average Bonchev–Trinajstić information content (AvgIpc) is 2.59. The predicted molar refractivity (Wildman–Crippen MR) is 119 cm³/mol. The highest BCUT2D eigenvalue weighted by atomic mass is 127. The van der Waals surface area contributed by atoms with Crippen LogP contribution < -0.4 is 16.0 Å². The molecule has 0 radical (unpaired) electrons. The lowest BCUT2D eigenvalue weighted by atomic mass is 9.67. The van der Waals surface area contributed by atoms with Crippen molar-refractivity contribution in [1.29, 1.82) is 0 Å². The third-order valence-electron chi connectivity index (χ3n) is 5.09. The molecule has 0 aliphatic heterocycles. The number of guanidine groups is 1. The van der Waals surface area contributed by atoms with E-state index in [-0.39, 0.29) is 29.9 Å². The molecular weight excluding hydrogens is 439 g/mol. The zero-order chi connectivity index (χ0) is 18.1. The van der Waals surface area contributed by atoms with Crippen LogP contribution in [-0.4, -0.2) is 31.5 Å². The first-order valence-electron chi connectivity index (χ1n) is 9.52. The fraction of sp³-hybridized carbons (Fsp3) is 0.600. The molecule has 1 amide bonds. The van der Waals surface area contributed by atoms with Gasteiger partial charge in [-0.1, -0.05) is 25.5 Å². The van der Waals surface area contributed by atoms with E-state index < -0.39 is 0 Å². The van der Waals surface area contributed by atoms with Crippen molar-refractivity contribution in [2.45, 2.75) is 53.0 Å². The van der Waals surface area contributed by atoms with Crippen LogP contribution in [0, 0.1) is 5.41 Å².